The molecule has 0 spiro atoms. The smallest absolute Gasteiger partial charge is 0.290 e. The Morgan fingerprint density at radius 1 is 1.50 bits per heavy atom. The van der Waals surface area contributed by atoms with Gasteiger partial charge in [-0.15, -0.1) is 5.10 Å². The summed E-state index contributed by atoms with van der Waals surface area (Å²) in [4.78, 5) is 10.4. The predicted molar refractivity (Wildman–Crippen MR) is 70.9 cm³/mol. The number of aliphatic hydroxyl groups is 1. The first kappa shape index (κ1) is 13.0. The number of benzene rings is 1. The van der Waals surface area contributed by atoms with E-state index in [1.165, 1.54) is 12.1 Å². The molecule has 8 heteroatoms. The van der Waals surface area contributed by atoms with Crippen molar-refractivity contribution in [3.05, 3.63) is 44.7 Å². The molecule has 1 aliphatic carbocycles. The molecule has 0 unspecified atom stereocenters. The Labute approximate surface area is 118 Å². The van der Waals surface area contributed by atoms with Crippen LogP contribution in [-0.2, 0) is 6.61 Å². The second kappa shape index (κ2) is 4.84. The van der Waals surface area contributed by atoms with Crippen molar-refractivity contribution in [1.29, 1.82) is 0 Å². The van der Waals surface area contributed by atoms with Crippen molar-refractivity contribution in [2.45, 2.75) is 25.4 Å². The van der Waals surface area contributed by atoms with Crippen LogP contribution in [0.3, 0.4) is 0 Å². The van der Waals surface area contributed by atoms with Gasteiger partial charge in [0, 0.05) is 12.0 Å². The summed E-state index contributed by atoms with van der Waals surface area (Å²) in [5.41, 5.74) is 1.69. The summed E-state index contributed by atoms with van der Waals surface area (Å²) in [5.74, 6) is 0.307. The zero-order valence-electron chi connectivity index (χ0n) is 10.4. The largest absolute Gasteiger partial charge is 0.390 e. The van der Waals surface area contributed by atoms with Gasteiger partial charge in [-0.3, -0.25) is 10.1 Å². The summed E-state index contributed by atoms with van der Waals surface area (Å²) in [6.45, 7) is -0.193. The molecule has 1 fully saturated rings. The van der Waals surface area contributed by atoms with E-state index >= 15 is 0 Å². The quantitative estimate of drug-likeness (QED) is 0.689. The van der Waals surface area contributed by atoms with Gasteiger partial charge in [-0.1, -0.05) is 16.8 Å². The van der Waals surface area contributed by atoms with Crippen LogP contribution < -0.4 is 0 Å². The summed E-state index contributed by atoms with van der Waals surface area (Å²) >= 11 is 5.80. The Hall–Kier alpha value is -1.99. The standard InChI is InChI=1S/C12H11ClN4O3/c13-9-4-3-8(5-11(9)17(19)20)16-12(7-1-2-7)10(6-18)14-15-16/h3-5,7,18H,1-2,6H2. The third-order valence-electron chi connectivity index (χ3n) is 3.26. The number of nitrogens with zero attached hydrogens (tertiary/aromatic N) is 4. The van der Waals surface area contributed by atoms with E-state index < -0.39 is 4.92 Å². The average molecular weight is 295 g/mol. The Morgan fingerprint density at radius 2 is 2.25 bits per heavy atom. The Bertz CT molecular complexity index is 681. The maximum absolute atomic E-state index is 10.9. The van der Waals surface area contributed by atoms with E-state index in [0.717, 1.165) is 18.5 Å². The molecular formula is C12H11ClN4O3. The fourth-order valence-corrected chi connectivity index (χ4v) is 2.35. The molecule has 1 N–H and O–H groups in total. The van der Waals surface area contributed by atoms with Crippen LogP contribution in [0.1, 0.15) is 30.1 Å². The highest BCUT2D eigenvalue weighted by Crippen LogP contribution is 2.42. The molecule has 104 valence electrons. The van der Waals surface area contributed by atoms with Gasteiger partial charge in [0.05, 0.1) is 22.9 Å². The average Bonchev–Trinajstić information content (AvgIpc) is 3.18. The maximum Gasteiger partial charge on any atom is 0.290 e. The second-order valence-corrected chi connectivity index (χ2v) is 5.07. The minimum atomic E-state index is -0.535. The van der Waals surface area contributed by atoms with E-state index in [1.807, 2.05) is 0 Å². The van der Waals surface area contributed by atoms with Crippen molar-refractivity contribution in [2.24, 2.45) is 0 Å². The number of hydrogen-bond acceptors (Lipinski definition) is 5. The molecule has 2 aromatic rings. The van der Waals surface area contributed by atoms with Crippen molar-refractivity contribution in [2.75, 3.05) is 0 Å². The fourth-order valence-electron chi connectivity index (χ4n) is 2.16. The second-order valence-electron chi connectivity index (χ2n) is 4.66. The molecule has 1 aliphatic rings. The highest BCUT2D eigenvalue weighted by Gasteiger charge is 2.32. The van der Waals surface area contributed by atoms with Gasteiger partial charge in [-0.05, 0) is 25.0 Å². The molecule has 1 heterocycles. The first-order valence-electron chi connectivity index (χ1n) is 6.11. The molecular weight excluding hydrogens is 284 g/mol. The van der Waals surface area contributed by atoms with Gasteiger partial charge < -0.3 is 5.11 Å². The molecule has 20 heavy (non-hydrogen) atoms. The lowest BCUT2D eigenvalue weighted by atomic mass is 10.2. The van der Waals surface area contributed by atoms with Crippen molar-refractivity contribution in [1.82, 2.24) is 15.0 Å². The summed E-state index contributed by atoms with van der Waals surface area (Å²) < 4.78 is 1.55. The molecule has 7 nitrogen and oxygen atoms in total. The lowest BCUT2D eigenvalue weighted by molar-refractivity contribution is -0.384. The minimum absolute atomic E-state index is 0.0780. The SMILES string of the molecule is O=[N+]([O-])c1cc(-n2nnc(CO)c2C2CC2)ccc1Cl. The molecule has 1 saturated carbocycles. The molecule has 0 aliphatic heterocycles. The number of rotatable bonds is 4. The van der Waals surface area contributed by atoms with Crippen molar-refractivity contribution in [3.8, 4) is 5.69 Å². The Balaban J connectivity index is 2.11. The number of halogens is 1. The predicted octanol–water partition coefficient (Wildman–Crippen LogP) is 2.20. The van der Waals surface area contributed by atoms with Crippen LogP contribution >= 0.6 is 11.6 Å². The zero-order valence-corrected chi connectivity index (χ0v) is 11.1. The lowest BCUT2D eigenvalue weighted by Crippen LogP contribution is -2.03. The molecule has 0 amide bonds. The fraction of sp³-hybridized carbons (Fsp3) is 0.333. The molecule has 1 aromatic carbocycles. The first-order chi connectivity index (χ1) is 9.61. The van der Waals surface area contributed by atoms with Gasteiger partial charge in [-0.25, -0.2) is 4.68 Å². The van der Waals surface area contributed by atoms with E-state index in [1.54, 1.807) is 10.7 Å². The normalized spacial score (nSPS) is 14.5. The molecule has 0 radical (unpaired) electrons. The van der Waals surface area contributed by atoms with Crippen molar-refractivity contribution < 1.29 is 10.0 Å². The number of aliphatic hydroxyl groups excluding tert-OH is 1. The molecule has 0 saturated heterocycles. The third kappa shape index (κ3) is 2.14. The molecule has 0 atom stereocenters. The Morgan fingerprint density at radius 3 is 2.85 bits per heavy atom. The van der Waals surface area contributed by atoms with E-state index in [9.17, 15) is 15.2 Å². The lowest BCUT2D eigenvalue weighted by Gasteiger charge is -2.06. The van der Waals surface area contributed by atoms with Crippen LogP contribution in [0.4, 0.5) is 5.69 Å². The van der Waals surface area contributed by atoms with Gasteiger partial charge in [0.15, 0.2) is 0 Å². The minimum Gasteiger partial charge on any atom is -0.390 e. The zero-order chi connectivity index (χ0) is 14.3. The van der Waals surface area contributed by atoms with Gasteiger partial charge >= 0.3 is 0 Å². The van der Waals surface area contributed by atoms with Gasteiger partial charge in [0.2, 0.25) is 0 Å². The van der Waals surface area contributed by atoms with Crippen LogP contribution in [-0.4, -0.2) is 25.0 Å². The van der Waals surface area contributed by atoms with E-state index in [2.05, 4.69) is 10.3 Å². The van der Waals surface area contributed by atoms with Crippen LogP contribution in [0.5, 0.6) is 0 Å². The topological polar surface area (TPSA) is 94.1 Å². The first-order valence-corrected chi connectivity index (χ1v) is 6.49. The Kier molecular flexibility index (Phi) is 3.15. The number of nitro benzene ring substituents is 1. The summed E-state index contributed by atoms with van der Waals surface area (Å²) in [6.07, 6.45) is 2.02. The van der Waals surface area contributed by atoms with E-state index in [-0.39, 0.29) is 17.3 Å². The van der Waals surface area contributed by atoms with Crippen molar-refractivity contribution >= 4 is 17.3 Å². The van der Waals surface area contributed by atoms with Gasteiger partial charge in [0.1, 0.15) is 10.7 Å². The maximum atomic E-state index is 10.9. The van der Waals surface area contributed by atoms with Crippen LogP contribution in [0, 0.1) is 10.1 Å². The molecule has 3 rings (SSSR count). The molecule has 0 bridgehead atoms. The summed E-state index contributed by atoms with van der Waals surface area (Å²) in [5, 5.41) is 28.2. The number of aromatic nitrogens is 3. The summed E-state index contributed by atoms with van der Waals surface area (Å²) in [6, 6.07) is 4.48. The number of hydrogen-bond donors (Lipinski definition) is 1. The summed E-state index contributed by atoms with van der Waals surface area (Å²) in [7, 11) is 0. The highest BCUT2D eigenvalue weighted by molar-refractivity contribution is 6.32. The van der Waals surface area contributed by atoms with Crippen LogP contribution in [0.25, 0.3) is 5.69 Å². The van der Waals surface area contributed by atoms with Crippen molar-refractivity contribution in [3.63, 3.8) is 0 Å². The number of nitro groups is 1. The molecule has 1 aromatic heterocycles. The van der Waals surface area contributed by atoms with Gasteiger partial charge in [0.25, 0.3) is 5.69 Å². The highest BCUT2D eigenvalue weighted by atomic mass is 35.5. The van der Waals surface area contributed by atoms with E-state index in [0.29, 0.717) is 17.3 Å². The van der Waals surface area contributed by atoms with Crippen LogP contribution in [0.15, 0.2) is 18.2 Å². The third-order valence-corrected chi connectivity index (χ3v) is 3.58. The van der Waals surface area contributed by atoms with Crippen LogP contribution in [0.2, 0.25) is 5.02 Å². The van der Waals surface area contributed by atoms with E-state index in [4.69, 9.17) is 11.6 Å². The van der Waals surface area contributed by atoms with Gasteiger partial charge in [-0.2, -0.15) is 0 Å². The monoisotopic (exact) mass is 294 g/mol.